The Morgan fingerprint density at radius 1 is 1.29 bits per heavy atom. The van der Waals surface area contributed by atoms with Gasteiger partial charge >= 0.3 is 5.97 Å². The zero-order valence-corrected chi connectivity index (χ0v) is 11.6. The number of aromatic nitrogens is 1. The second-order valence-corrected chi connectivity index (χ2v) is 4.44. The van der Waals surface area contributed by atoms with Gasteiger partial charge in [0.15, 0.2) is 0 Å². The van der Waals surface area contributed by atoms with E-state index in [1.807, 2.05) is 0 Å². The minimum Gasteiger partial charge on any atom is -0.465 e. The van der Waals surface area contributed by atoms with Crippen LogP contribution in [0.3, 0.4) is 0 Å². The van der Waals surface area contributed by atoms with Crippen LogP contribution in [0.5, 0.6) is 0 Å². The first-order valence-electron chi connectivity index (χ1n) is 5.82. The normalized spacial score (nSPS) is 10.0. The van der Waals surface area contributed by atoms with Gasteiger partial charge in [-0.05, 0) is 30.3 Å². The van der Waals surface area contributed by atoms with Crippen molar-refractivity contribution in [1.29, 1.82) is 0 Å². The Labute approximate surface area is 124 Å². The molecule has 0 aliphatic heterocycles. The van der Waals surface area contributed by atoms with Gasteiger partial charge in [0.1, 0.15) is 11.5 Å². The van der Waals surface area contributed by atoms with Crippen LogP contribution < -0.4 is 5.32 Å². The van der Waals surface area contributed by atoms with Crippen LogP contribution in [0.2, 0.25) is 5.02 Å². The summed E-state index contributed by atoms with van der Waals surface area (Å²) in [5, 5.41) is 2.75. The van der Waals surface area contributed by atoms with Gasteiger partial charge in [0.25, 0.3) is 5.91 Å². The van der Waals surface area contributed by atoms with Crippen molar-refractivity contribution in [2.45, 2.75) is 0 Å². The number of hydrogen-bond acceptors (Lipinski definition) is 4. The Kier molecular flexibility index (Phi) is 4.49. The van der Waals surface area contributed by atoms with Crippen molar-refractivity contribution in [2.24, 2.45) is 0 Å². The molecule has 0 aliphatic rings. The van der Waals surface area contributed by atoms with E-state index in [0.29, 0.717) is 5.02 Å². The highest BCUT2D eigenvalue weighted by molar-refractivity contribution is 6.30. The van der Waals surface area contributed by atoms with Crippen molar-refractivity contribution >= 4 is 29.2 Å². The summed E-state index contributed by atoms with van der Waals surface area (Å²) in [4.78, 5) is 27.0. The van der Waals surface area contributed by atoms with E-state index in [0.717, 1.165) is 6.07 Å². The molecular weight excluding hydrogens is 299 g/mol. The Hall–Kier alpha value is -2.47. The predicted octanol–water partition coefficient (Wildman–Crippen LogP) is 2.91. The summed E-state index contributed by atoms with van der Waals surface area (Å²) in [5.74, 6) is -2.00. The molecule has 1 aromatic carbocycles. The van der Waals surface area contributed by atoms with Crippen LogP contribution in [0.1, 0.15) is 20.8 Å². The third-order valence-corrected chi connectivity index (χ3v) is 2.82. The number of pyridine rings is 1. The summed E-state index contributed by atoms with van der Waals surface area (Å²) >= 11 is 5.66. The Balaban J connectivity index is 2.18. The third kappa shape index (κ3) is 3.55. The fraction of sp³-hybridized carbons (Fsp3) is 0.0714. The number of amides is 1. The molecule has 0 spiro atoms. The quantitative estimate of drug-likeness (QED) is 0.885. The molecule has 5 nitrogen and oxygen atoms in total. The number of anilines is 1. The lowest BCUT2D eigenvalue weighted by Crippen LogP contribution is -2.15. The van der Waals surface area contributed by atoms with Gasteiger partial charge in [-0.1, -0.05) is 11.6 Å². The zero-order valence-electron chi connectivity index (χ0n) is 10.9. The van der Waals surface area contributed by atoms with Gasteiger partial charge in [-0.3, -0.25) is 4.79 Å². The molecule has 0 saturated heterocycles. The maximum Gasteiger partial charge on any atom is 0.337 e. The highest BCUT2D eigenvalue weighted by atomic mass is 35.5. The van der Waals surface area contributed by atoms with E-state index in [2.05, 4.69) is 15.0 Å². The summed E-state index contributed by atoms with van der Waals surface area (Å²) in [7, 11) is 1.20. The van der Waals surface area contributed by atoms with Gasteiger partial charge in [0.05, 0.1) is 23.4 Å². The van der Waals surface area contributed by atoms with Gasteiger partial charge in [-0.15, -0.1) is 0 Å². The molecule has 2 rings (SSSR count). The van der Waals surface area contributed by atoms with Crippen LogP contribution in [0, 0.1) is 5.82 Å². The lowest BCUT2D eigenvalue weighted by atomic mass is 10.2. The van der Waals surface area contributed by atoms with E-state index in [1.54, 1.807) is 0 Å². The number of hydrogen-bond donors (Lipinski definition) is 1. The molecule has 1 heterocycles. The summed E-state index contributed by atoms with van der Waals surface area (Å²) in [5.41, 5.74) is 0.0814. The molecule has 0 aliphatic carbocycles. The summed E-state index contributed by atoms with van der Waals surface area (Å²) in [6.45, 7) is 0. The molecule has 1 amide bonds. The number of nitrogens with zero attached hydrogens (tertiary/aromatic N) is 1. The second-order valence-electron chi connectivity index (χ2n) is 4.00. The van der Waals surface area contributed by atoms with Crippen LogP contribution in [-0.4, -0.2) is 24.0 Å². The van der Waals surface area contributed by atoms with E-state index in [-0.39, 0.29) is 16.9 Å². The Morgan fingerprint density at radius 2 is 2.05 bits per heavy atom. The average molecular weight is 309 g/mol. The van der Waals surface area contributed by atoms with E-state index < -0.39 is 17.7 Å². The summed E-state index contributed by atoms with van der Waals surface area (Å²) < 4.78 is 18.3. The minimum absolute atomic E-state index is 0.0533. The van der Waals surface area contributed by atoms with Crippen LogP contribution in [0.4, 0.5) is 10.1 Å². The molecule has 0 bridgehead atoms. The molecule has 0 fully saturated rings. The Bertz CT molecular complexity index is 689. The maximum absolute atomic E-state index is 13.8. The lowest BCUT2D eigenvalue weighted by molar-refractivity contribution is 0.0600. The molecular formula is C14H10ClFN2O3. The van der Waals surface area contributed by atoms with Gasteiger partial charge in [0.2, 0.25) is 0 Å². The predicted molar refractivity (Wildman–Crippen MR) is 74.9 cm³/mol. The molecule has 1 aromatic heterocycles. The standard InChI is InChI=1S/C14H10ClFN2O3/c1-21-14(20)8-2-4-11(10(16)6-8)18-13(19)12-5-3-9(15)7-17-12/h2-7H,1H3,(H,18,19). The molecule has 0 unspecified atom stereocenters. The lowest BCUT2D eigenvalue weighted by Gasteiger charge is -2.07. The highest BCUT2D eigenvalue weighted by Gasteiger charge is 2.13. The topological polar surface area (TPSA) is 68.3 Å². The monoisotopic (exact) mass is 308 g/mol. The fourth-order valence-electron chi connectivity index (χ4n) is 1.56. The highest BCUT2D eigenvalue weighted by Crippen LogP contribution is 2.17. The first-order valence-corrected chi connectivity index (χ1v) is 6.20. The van der Waals surface area contributed by atoms with Crippen molar-refractivity contribution in [3.63, 3.8) is 0 Å². The average Bonchev–Trinajstić information content (AvgIpc) is 2.49. The number of ether oxygens (including phenoxy) is 1. The van der Waals surface area contributed by atoms with Crippen molar-refractivity contribution in [3.8, 4) is 0 Å². The van der Waals surface area contributed by atoms with Crippen LogP contribution in [0.15, 0.2) is 36.5 Å². The SMILES string of the molecule is COC(=O)c1ccc(NC(=O)c2ccc(Cl)cn2)c(F)c1. The van der Waals surface area contributed by atoms with Gasteiger partial charge in [-0.25, -0.2) is 14.2 Å². The number of carbonyl (C=O) groups excluding carboxylic acids is 2. The van der Waals surface area contributed by atoms with Crippen LogP contribution >= 0.6 is 11.6 Å². The molecule has 21 heavy (non-hydrogen) atoms. The second kappa shape index (κ2) is 6.32. The Morgan fingerprint density at radius 3 is 2.62 bits per heavy atom. The molecule has 0 atom stereocenters. The molecule has 2 aromatic rings. The zero-order chi connectivity index (χ0) is 15.4. The summed E-state index contributed by atoms with van der Waals surface area (Å²) in [6, 6.07) is 6.52. The van der Waals surface area contributed by atoms with Crippen molar-refractivity contribution < 1.29 is 18.7 Å². The number of carbonyl (C=O) groups is 2. The fourth-order valence-corrected chi connectivity index (χ4v) is 1.67. The maximum atomic E-state index is 13.8. The largest absolute Gasteiger partial charge is 0.465 e. The third-order valence-electron chi connectivity index (χ3n) is 2.60. The molecule has 0 saturated carbocycles. The van der Waals surface area contributed by atoms with Crippen LogP contribution in [-0.2, 0) is 4.74 Å². The van der Waals surface area contributed by atoms with E-state index >= 15 is 0 Å². The number of nitrogens with one attached hydrogen (secondary N) is 1. The van der Waals surface area contributed by atoms with Crippen molar-refractivity contribution in [1.82, 2.24) is 4.98 Å². The van der Waals surface area contributed by atoms with Gasteiger partial charge < -0.3 is 10.1 Å². The number of benzene rings is 1. The smallest absolute Gasteiger partial charge is 0.337 e. The van der Waals surface area contributed by atoms with E-state index in [4.69, 9.17) is 11.6 Å². The van der Waals surface area contributed by atoms with Gasteiger partial charge in [0, 0.05) is 6.20 Å². The first-order chi connectivity index (χ1) is 10.0. The molecule has 0 radical (unpaired) electrons. The number of halogens is 2. The van der Waals surface area contributed by atoms with Crippen molar-refractivity contribution in [2.75, 3.05) is 12.4 Å². The molecule has 108 valence electrons. The van der Waals surface area contributed by atoms with E-state index in [9.17, 15) is 14.0 Å². The number of methoxy groups -OCH3 is 1. The molecule has 7 heteroatoms. The minimum atomic E-state index is -0.750. The molecule has 1 N–H and O–H groups in total. The first kappa shape index (κ1) is 14.9. The number of rotatable bonds is 3. The van der Waals surface area contributed by atoms with Crippen molar-refractivity contribution in [3.05, 3.63) is 58.6 Å². The van der Waals surface area contributed by atoms with Crippen LogP contribution in [0.25, 0.3) is 0 Å². The van der Waals surface area contributed by atoms with Gasteiger partial charge in [-0.2, -0.15) is 0 Å². The summed E-state index contributed by atoms with van der Waals surface area (Å²) in [6.07, 6.45) is 1.31. The number of esters is 1. The van der Waals surface area contributed by atoms with E-state index in [1.165, 1.54) is 37.6 Å².